The highest BCUT2D eigenvalue weighted by atomic mass is 79.9. The van der Waals surface area contributed by atoms with Crippen LogP contribution in [0.15, 0.2) is 40.2 Å². The van der Waals surface area contributed by atoms with Crippen LogP contribution in [0.2, 0.25) is 0 Å². The molecule has 0 bridgehead atoms. The van der Waals surface area contributed by atoms with Crippen molar-refractivity contribution in [2.45, 2.75) is 25.5 Å². The summed E-state index contributed by atoms with van der Waals surface area (Å²) < 4.78 is 19.8. The Balaban J connectivity index is 1.83. The zero-order valence-corrected chi connectivity index (χ0v) is 14.9. The maximum absolute atomic E-state index is 13.5. The smallest absolute Gasteiger partial charge is 0.255 e. The zero-order valence-electron chi connectivity index (χ0n) is 12.5. The number of nitrogens with zero attached hydrogens (tertiary/aromatic N) is 1. The molecule has 1 fully saturated rings. The second-order valence-electron chi connectivity index (χ2n) is 5.52. The summed E-state index contributed by atoms with van der Waals surface area (Å²) in [5.41, 5.74) is 0.347. The standard InChI is InChI=1S/C17H17BrFNO2S/c18-16-6-5-12(19)9-15(16)17(21)20(10-13-3-1-7-22-13)11-14-4-2-8-23-14/h2,4-6,8-9,13H,1,3,7,10-11H2. The lowest BCUT2D eigenvalue weighted by Crippen LogP contribution is -2.37. The molecule has 1 amide bonds. The molecule has 3 rings (SSSR count). The number of benzene rings is 1. The average Bonchev–Trinajstić information content (AvgIpc) is 3.22. The molecule has 0 radical (unpaired) electrons. The second-order valence-corrected chi connectivity index (χ2v) is 7.41. The lowest BCUT2D eigenvalue weighted by atomic mass is 10.1. The van der Waals surface area contributed by atoms with Crippen LogP contribution in [0.4, 0.5) is 4.39 Å². The summed E-state index contributed by atoms with van der Waals surface area (Å²) >= 11 is 4.96. The van der Waals surface area contributed by atoms with Gasteiger partial charge < -0.3 is 9.64 Å². The van der Waals surface area contributed by atoms with Gasteiger partial charge in [0.1, 0.15) is 5.82 Å². The SMILES string of the molecule is O=C(c1cc(F)ccc1Br)N(Cc1cccs1)CC1CCCO1. The molecule has 1 unspecified atom stereocenters. The molecule has 122 valence electrons. The van der Waals surface area contributed by atoms with Gasteiger partial charge in [-0.2, -0.15) is 0 Å². The third-order valence-electron chi connectivity index (χ3n) is 3.82. The van der Waals surface area contributed by atoms with E-state index < -0.39 is 5.82 Å². The van der Waals surface area contributed by atoms with E-state index in [0.29, 0.717) is 23.1 Å². The highest BCUT2D eigenvalue weighted by molar-refractivity contribution is 9.10. The number of halogens is 2. The first kappa shape index (κ1) is 16.6. The van der Waals surface area contributed by atoms with Gasteiger partial charge in [0.15, 0.2) is 0 Å². The van der Waals surface area contributed by atoms with Crippen molar-refractivity contribution in [3.05, 3.63) is 56.4 Å². The van der Waals surface area contributed by atoms with E-state index in [1.54, 1.807) is 22.3 Å². The van der Waals surface area contributed by atoms with E-state index in [0.717, 1.165) is 24.3 Å². The first-order valence-corrected chi connectivity index (χ1v) is 9.19. The van der Waals surface area contributed by atoms with E-state index in [4.69, 9.17) is 4.74 Å². The third-order valence-corrected chi connectivity index (χ3v) is 5.37. The van der Waals surface area contributed by atoms with Crippen molar-refractivity contribution in [3.63, 3.8) is 0 Å². The van der Waals surface area contributed by atoms with Crippen LogP contribution in [0.5, 0.6) is 0 Å². The molecule has 1 aromatic carbocycles. The van der Waals surface area contributed by atoms with Crippen LogP contribution in [-0.4, -0.2) is 30.1 Å². The monoisotopic (exact) mass is 397 g/mol. The molecule has 0 saturated carbocycles. The van der Waals surface area contributed by atoms with Crippen LogP contribution in [-0.2, 0) is 11.3 Å². The van der Waals surface area contributed by atoms with Gasteiger partial charge in [-0.05, 0) is 58.4 Å². The van der Waals surface area contributed by atoms with Gasteiger partial charge in [0.05, 0.1) is 18.2 Å². The van der Waals surface area contributed by atoms with E-state index in [-0.39, 0.29) is 12.0 Å². The fourth-order valence-corrected chi connectivity index (χ4v) is 3.81. The van der Waals surface area contributed by atoms with Gasteiger partial charge in [-0.25, -0.2) is 4.39 Å². The molecule has 1 aromatic heterocycles. The Morgan fingerprint density at radius 1 is 1.43 bits per heavy atom. The normalized spacial score (nSPS) is 17.4. The summed E-state index contributed by atoms with van der Waals surface area (Å²) in [7, 11) is 0. The van der Waals surface area contributed by atoms with Gasteiger partial charge in [-0.3, -0.25) is 4.79 Å². The summed E-state index contributed by atoms with van der Waals surface area (Å²) in [6.07, 6.45) is 2.04. The molecule has 6 heteroatoms. The molecule has 1 saturated heterocycles. The molecular formula is C17H17BrFNO2S. The topological polar surface area (TPSA) is 29.5 Å². The Bertz CT molecular complexity index is 671. The predicted octanol–water partition coefficient (Wildman–Crippen LogP) is 4.47. The number of carbonyl (C=O) groups is 1. The summed E-state index contributed by atoms with van der Waals surface area (Å²) in [6.45, 7) is 1.79. The Morgan fingerprint density at radius 3 is 3.00 bits per heavy atom. The van der Waals surface area contributed by atoms with E-state index in [1.807, 2.05) is 17.5 Å². The van der Waals surface area contributed by atoms with Gasteiger partial charge in [0.25, 0.3) is 5.91 Å². The minimum atomic E-state index is -0.412. The molecule has 2 aromatic rings. The van der Waals surface area contributed by atoms with Crippen molar-refractivity contribution in [1.29, 1.82) is 0 Å². The lowest BCUT2D eigenvalue weighted by molar-refractivity contribution is 0.0508. The Labute approximate surface area is 147 Å². The van der Waals surface area contributed by atoms with Crippen LogP contribution in [0.3, 0.4) is 0 Å². The summed E-state index contributed by atoms with van der Waals surface area (Å²) in [4.78, 5) is 15.8. The van der Waals surface area contributed by atoms with Crippen molar-refractivity contribution in [1.82, 2.24) is 4.90 Å². The molecule has 1 aliphatic rings. The molecule has 1 atom stereocenters. The molecule has 0 spiro atoms. The van der Waals surface area contributed by atoms with Crippen LogP contribution in [0, 0.1) is 5.82 Å². The molecule has 1 aliphatic heterocycles. The fraction of sp³-hybridized carbons (Fsp3) is 0.353. The first-order chi connectivity index (χ1) is 11.1. The average molecular weight is 398 g/mol. The maximum atomic E-state index is 13.5. The molecular weight excluding hydrogens is 381 g/mol. The Morgan fingerprint density at radius 2 is 2.30 bits per heavy atom. The van der Waals surface area contributed by atoms with Gasteiger partial charge in [-0.1, -0.05) is 6.07 Å². The Hall–Kier alpha value is -1.24. The summed E-state index contributed by atoms with van der Waals surface area (Å²) in [6, 6.07) is 8.15. The predicted molar refractivity (Wildman–Crippen MR) is 92.1 cm³/mol. The quantitative estimate of drug-likeness (QED) is 0.744. The number of carbonyl (C=O) groups excluding carboxylic acids is 1. The van der Waals surface area contributed by atoms with Crippen molar-refractivity contribution in [3.8, 4) is 0 Å². The molecule has 3 nitrogen and oxygen atoms in total. The van der Waals surface area contributed by atoms with Gasteiger partial charge in [0, 0.05) is 22.5 Å². The van der Waals surface area contributed by atoms with E-state index in [1.165, 1.54) is 12.1 Å². The third kappa shape index (κ3) is 4.19. The van der Waals surface area contributed by atoms with Crippen LogP contribution in [0.1, 0.15) is 28.1 Å². The number of ether oxygens (including phenoxy) is 1. The lowest BCUT2D eigenvalue weighted by Gasteiger charge is -2.25. The highest BCUT2D eigenvalue weighted by Gasteiger charge is 2.25. The van der Waals surface area contributed by atoms with E-state index in [2.05, 4.69) is 15.9 Å². The van der Waals surface area contributed by atoms with Crippen molar-refractivity contribution >= 4 is 33.2 Å². The van der Waals surface area contributed by atoms with Crippen molar-refractivity contribution in [2.75, 3.05) is 13.2 Å². The number of hydrogen-bond acceptors (Lipinski definition) is 3. The van der Waals surface area contributed by atoms with Crippen LogP contribution < -0.4 is 0 Å². The summed E-state index contributed by atoms with van der Waals surface area (Å²) in [5, 5.41) is 1.99. The van der Waals surface area contributed by atoms with Crippen LogP contribution in [0.25, 0.3) is 0 Å². The molecule has 0 aliphatic carbocycles. The van der Waals surface area contributed by atoms with Crippen LogP contribution >= 0.6 is 27.3 Å². The maximum Gasteiger partial charge on any atom is 0.255 e. The van der Waals surface area contributed by atoms with Crippen molar-refractivity contribution in [2.24, 2.45) is 0 Å². The van der Waals surface area contributed by atoms with E-state index in [9.17, 15) is 9.18 Å². The summed E-state index contributed by atoms with van der Waals surface area (Å²) in [5.74, 6) is -0.593. The second kappa shape index (κ2) is 7.55. The number of rotatable bonds is 5. The van der Waals surface area contributed by atoms with Gasteiger partial charge in [-0.15, -0.1) is 11.3 Å². The number of thiophene rings is 1. The zero-order chi connectivity index (χ0) is 16.2. The fourth-order valence-electron chi connectivity index (χ4n) is 2.68. The minimum absolute atomic E-state index is 0.0613. The van der Waals surface area contributed by atoms with Gasteiger partial charge in [0.2, 0.25) is 0 Å². The molecule has 2 heterocycles. The highest BCUT2D eigenvalue weighted by Crippen LogP contribution is 2.23. The van der Waals surface area contributed by atoms with Crippen molar-refractivity contribution < 1.29 is 13.9 Å². The first-order valence-electron chi connectivity index (χ1n) is 7.52. The molecule has 0 N–H and O–H groups in total. The largest absolute Gasteiger partial charge is 0.376 e. The Kier molecular flexibility index (Phi) is 5.46. The van der Waals surface area contributed by atoms with Gasteiger partial charge >= 0.3 is 0 Å². The number of amides is 1. The van der Waals surface area contributed by atoms with E-state index >= 15 is 0 Å². The molecule has 23 heavy (non-hydrogen) atoms. The minimum Gasteiger partial charge on any atom is -0.376 e. The number of hydrogen-bond donors (Lipinski definition) is 0.